The Balaban J connectivity index is 1.98. The fourth-order valence-electron chi connectivity index (χ4n) is 4.19. The van der Waals surface area contributed by atoms with Gasteiger partial charge in [-0.2, -0.15) is 0 Å². The van der Waals surface area contributed by atoms with Crippen molar-refractivity contribution in [3.63, 3.8) is 0 Å². The van der Waals surface area contributed by atoms with E-state index >= 15 is 0 Å². The predicted octanol–water partition coefficient (Wildman–Crippen LogP) is 4.61. The first-order chi connectivity index (χ1) is 19.5. The molecule has 0 aromatic heterocycles. The number of benzene rings is 3. The summed E-state index contributed by atoms with van der Waals surface area (Å²) in [5.41, 5.74) is 1.21. The third kappa shape index (κ3) is 9.42. The van der Waals surface area contributed by atoms with Gasteiger partial charge in [0.1, 0.15) is 29.2 Å². The fourth-order valence-corrected chi connectivity index (χ4v) is 4.19. The molecule has 4 N–H and O–H groups in total. The van der Waals surface area contributed by atoms with Crippen molar-refractivity contribution in [3.8, 4) is 11.5 Å². The maximum absolute atomic E-state index is 14.2. The van der Waals surface area contributed by atoms with Crippen molar-refractivity contribution in [3.05, 3.63) is 108 Å². The van der Waals surface area contributed by atoms with Gasteiger partial charge in [-0.15, -0.1) is 6.58 Å². The summed E-state index contributed by atoms with van der Waals surface area (Å²) in [7, 11) is 0. The van der Waals surface area contributed by atoms with Crippen molar-refractivity contribution in [1.82, 2.24) is 15.5 Å². The number of amides is 3. The lowest BCUT2D eigenvalue weighted by Gasteiger charge is -2.34. The molecule has 0 aliphatic heterocycles. The van der Waals surface area contributed by atoms with Crippen LogP contribution in [0.25, 0.3) is 0 Å². The van der Waals surface area contributed by atoms with Crippen molar-refractivity contribution in [2.45, 2.75) is 51.4 Å². The number of carbonyl (C=O) groups excluding carboxylic acids is 3. The molecule has 0 fully saturated rings. The summed E-state index contributed by atoms with van der Waals surface area (Å²) in [6.07, 6.45) is 0.781. The van der Waals surface area contributed by atoms with Crippen LogP contribution in [-0.4, -0.2) is 51.2 Å². The Morgan fingerprint density at radius 3 is 2.05 bits per heavy atom. The Hall–Kier alpha value is -4.79. The second-order valence-electron chi connectivity index (χ2n) is 10.5. The Labute approximate surface area is 240 Å². The Morgan fingerprint density at radius 1 is 0.902 bits per heavy atom. The molecule has 3 rings (SSSR count). The molecule has 9 nitrogen and oxygen atoms in total. The summed E-state index contributed by atoms with van der Waals surface area (Å²) >= 11 is 0. The zero-order chi connectivity index (χ0) is 30.0. The average molecular weight is 560 g/mol. The molecule has 3 amide bonds. The van der Waals surface area contributed by atoms with Crippen LogP contribution < -0.4 is 10.6 Å². The Morgan fingerprint density at radius 2 is 1.49 bits per heavy atom. The quantitative estimate of drug-likeness (QED) is 0.254. The Kier molecular flexibility index (Phi) is 10.5. The van der Waals surface area contributed by atoms with Crippen molar-refractivity contribution < 1.29 is 29.3 Å². The summed E-state index contributed by atoms with van der Waals surface area (Å²) in [6, 6.07) is 19.4. The van der Waals surface area contributed by atoms with E-state index in [-0.39, 0.29) is 31.0 Å². The number of aromatic hydroxyl groups is 2. The number of rotatable bonds is 11. The van der Waals surface area contributed by atoms with Gasteiger partial charge in [0.05, 0.1) is 0 Å². The minimum atomic E-state index is -1.11. The van der Waals surface area contributed by atoms with E-state index in [2.05, 4.69) is 17.2 Å². The van der Waals surface area contributed by atoms with Crippen LogP contribution in [0.5, 0.6) is 11.5 Å². The number of ether oxygens (including phenoxy) is 1. The van der Waals surface area contributed by atoms with Gasteiger partial charge in [-0.05, 0) is 61.7 Å². The second kappa shape index (κ2) is 14.0. The van der Waals surface area contributed by atoms with Gasteiger partial charge in [0.15, 0.2) is 0 Å². The van der Waals surface area contributed by atoms with Crippen molar-refractivity contribution in [2.24, 2.45) is 0 Å². The van der Waals surface area contributed by atoms with E-state index in [0.29, 0.717) is 11.1 Å². The summed E-state index contributed by atoms with van der Waals surface area (Å²) in [5, 5.41) is 25.1. The molecule has 2 atom stereocenters. The number of carbonyl (C=O) groups is 3. The normalized spacial score (nSPS) is 12.5. The van der Waals surface area contributed by atoms with Crippen LogP contribution in [0, 0.1) is 0 Å². The van der Waals surface area contributed by atoms with E-state index in [1.165, 1.54) is 35.2 Å². The highest BCUT2D eigenvalue weighted by Gasteiger charge is 2.36. The van der Waals surface area contributed by atoms with Gasteiger partial charge in [0.2, 0.25) is 11.8 Å². The molecule has 9 heteroatoms. The van der Waals surface area contributed by atoms with Crippen molar-refractivity contribution >= 4 is 17.9 Å². The van der Waals surface area contributed by atoms with Crippen LogP contribution in [0.2, 0.25) is 0 Å². The third-order valence-corrected chi connectivity index (χ3v) is 6.05. The number of nitrogens with zero attached hydrogens (tertiary/aromatic N) is 1. The number of alkyl carbamates (subject to hydrolysis) is 1. The number of hydrogen-bond donors (Lipinski definition) is 4. The van der Waals surface area contributed by atoms with E-state index in [1.54, 1.807) is 45.0 Å². The molecule has 0 radical (unpaired) electrons. The number of phenolic OH excluding ortho intramolecular Hbond substituents is 2. The zero-order valence-corrected chi connectivity index (χ0v) is 23.5. The third-order valence-electron chi connectivity index (χ3n) is 6.05. The van der Waals surface area contributed by atoms with E-state index in [9.17, 15) is 24.6 Å². The average Bonchev–Trinajstić information content (AvgIpc) is 2.92. The van der Waals surface area contributed by atoms with Gasteiger partial charge in [0.25, 0.3) is 0 Å². The molecular weight excluding hydrogens is 522 g/mol. The molecule has 41 heavy (non-hydrogen) atoms. The molecule has 0 spiro atoms. The monoisotopic (exact) mass is 559 g/mol. The summed E-state index contributed by atoms with van der Waals surface area (Å²) in [5.74, 6) is -0.921. The van der Waals surface area contributed by atoms with Crippen LogP contribution in [0.1, 0.15) is 43.5 Å². The molecule has 0 saturated carbocycles. The largest absolute Gasteiger partial charge is 0.508 e. The van der Waals surface area contributed by atoms with Crippen LogP contribution in [0.3, 0.4) is 0 Å². The molecule has 0 bridgehead atoms. The molecule has 3 aromatic carbocycles. The van der Waals surface area contributed by atoms with Crippen molar-refractivity contribution in [2.75, 3.05) is 6.54 Å². The smallest absolute Gasteiger partial charge is 0.408 e. The molecule has 3 aromatic rings. The SMILES string of the molecule is C=CCN(C(=O)C(Cc1ccc(O)cc1)NC(=O)OC(C)(C)C)C(C(=O)NCc1ccccc1)c1ccc(O)cc1. The molecule has 0 aliphatic carbocycles. The molecule has 0 heterocycles. The summed E-state index contributed by atoms with van der Waals surface area (Å²) in [6.45, 7) is 9.15. The second-order valence-corrected chi connectivity index (χ2v) is 10.5. The highest BCUT2D eigenvalue weighted by Crippen LogP contribution is 2.25. The van der Waals surface area contributed by atoms with Crippen LogP contribution in [-0.2, 0) is 27.3 Å². The number of phenols is 2. The van der Waals surface area contributed by atoms with Gasteiger partial charge in [-0.3, -0.25) is 9.59 Å². The zero-order valence-electron chi connectivity index (χ0n) is 23.5. The maximum atomic E-state index is 14.2. The molecule has 0 aliphatic rings. The van der Waals surface area contributed by atoms with Gasteiger partial charge < -0.3 is 30.5 Å². The first kappa shape index (κ1) is 30.7. The van der Waals surface area contributed by atoms with Crippen molar-refractivity contribution in [1.29, 1.82) is 0 Å². The maximum Gasteiger partial charge on any atom is 0.408 e. The predicted molar refractivity (Wildman–Crippen MR) is 156 cm³/mol. The fraction of sp³-hybridized carbons (Fsp3) is 0.281. The van der Waals surface area contributed by atoms with E-state index < -0.39 is 35.6 Å². The molecule has 216 valence electrons. The topological polar surface area (TPSA) is 128 Å². The van der Waals surface area contributed by atoms with Gasteiger partial charge in [0, 0.05) is 19.5 Å². The lowest BCUT2D eigenvalue weighted by molar-refractivity contribution is -0.141. The Bertz CT molecular complexity index is 1320. The lowest BCUT2D eigenvalue weighted by atomic mass is 10.00. The van der Waals surface area contributed by atoms with E-state index in [1.807, 2.05) is 30.3 Å². The highest BCUT2D eigenvalue weighted by atomic mass is 16.6. The van der Waals surface area contributed by atoms with Crippen LogP contribution in [0.15, 0.2) is 91.5 Å². The molecule has 2 unspecified atom stereocenters. The summed E-state index contributed by atoms with van der Waals surface area (Å²) in [4.78, 5) is 42.0. The lowest BCUT2D eigenvalue weighted by Crippen LogP contribution is -2.53. The summed E-state index contributed by atoms with van der Waals surface area (Å²) < 4.78 is 5.42. The van der Waals surface area contributed by atoms with E-state index in [4.69, 9.17) is 4.74 Å². The highest BCUT2D eigenvalue weighted by molar-refractivity contribution is 5.92. The standard InChI is InChI=1S/C32H37N3O6/c1-5-19-35(28(24-13-17-26(37)18-14-24)29(38)33-21-23-9-7-6-8-10-23)30(39)27(34-31(40)41-32(2,3)4)20-22-11-15-25(36)16-12-22/h5-18,27-28,36-37H,1,19-21H2,2-4H3,(H,33,38)(H,34,40). The van der Waals surface area contributed by atoms with Gasteiger partial charge in [-0.25, -0.2) is 4.79 Å². The molecular formula is C32H37N3O6. The molecule has 0 saturated heterocycles. The van der Waals surface area contributed by atoms with Gasteiger partial charge >= 0.3 is 6.09 Å². The first-order valence-electron chi connectivity index (χ1n) is 13.3. The van der Waals surface area contributed by atoms with Crippen LogP contribution in [0.4, 0.5) is 4.79 Å². The van der Waals surface area contributed by atoms with E-state index in [0.717, 1.165) is 5.56 Å². The van der Waals surface area contributed by atoms with Crippen LogP contribution >= 0.6 is 0 Å². The number of hydrogen-bond acceptors (Lipinski definition) is 6. The minimum Gasteiger partial charge on any atom is -0.508 e. The van der Waals surface area contributed by atoms with Gasteiger partial charge in [-0.1, -0.05) is 60.7 Å². The first-order valence-corrected chi connectivity index (χ1v) is 13.3. The number of nitrogens with one attached hydrogen (secondary N) is 2. The minimum absolute atomic E-state index is 0.00872.